The van der Waals surface area contributed by atoms with Crippen molar-refractivity contribution in [3.8, 4) is 0 Å². The highest BCUT2D eigenvalue weighted by Crippen LogP contribution is 2.38. The van der Waals surface area contributed by atoms with Crippen molar-refractivity contribution in [1.82, 2.24) is 5.43 Å². The summed E-state index contributed by atoms with van der Waals surface area (Å²) in [5.74, 6) is 0. The first-order chi connectivity index (χ1) is 10.8. The molecule has 0 aliphatic heterocycles. The molecule has 23 heavy (non-hydrogen) atoms. The van der Waals surface area contributed by atoms with E-state index in [0.29, 0.717) is 0 Å². The van der Waals surface area contributed by atoms with Gasteiger partial charge >= 0.3 is 6.18 Å². The molecule has 0 bridgehead atoms. The highest BCUT2D eigenvalue weighted by atomic mass is 35.5. The Kier molecular flexibility index (Phi) is 5.56. The zero-order chi connectivity index (χ0) is 17.0. The lowest BCUT2D eigenvalue weighted by Crippen LogP contribution is -2.33. The van der Waals surface area contributed by atoms with Gasteiger partial charge in [0.05, 0.1) is 27.0 Å². The Bertz CT molecular complexity index is 685. The van der Waals surface area contributed by atoms with Crippen LogP contribution >= 0.6 is 35.4 Å². The van der Waals surface area contributed by atoms with Crippen LogP contribution in [0.15, 0.2) is 42.5 Å². The van der Waals surface area contributed by atoms with Gasteiger partial charge in [0.1, 0.15) is 0 Å². The Morgan fingerprint density at radius 2 is 1.57 bits per heavy atom. The third kappa shape index (κ3) is 4.89. The van der Waals surface area contributed by atoms with Crippen molar-refractivity contribution in [3.63, 3.8) is 0 Å². The summed E-state index contributed by atoms with van der Waals surface area (Å²) in [6.45, 7) is 0. The molecule has 0 spiro atoms. The van der Waals surface area contributed by atoms with Crippen molar-refractivity contribution >= 4 is 51.9 Å². The van der Waals surface area contributed by atoms with E-state index >= 15 is 0 Å². The van der Waals surface area contributed by atoms with Crippen LogP contribution in [-0.4, -0.2) is 5.11 Å². The number of rotatable bonds is 3. The lowest BCUT2D eigenvalue weighted by atomic mass is 10.2. The Hall–Kier alpha value is -1.70. The van der Waals surface area contributed by atoms with Crippen molar-refractivity contribution in [2.45, 2.75) is 6.18 Å². The SMILES string of the molecule is FC(F)(F)c1cc(Cl)c(NC(=S)NNc2ccccc2)c(Cl)c1. The van der Waals surface area contributed by atoms with Crippen LogP contribution in [-0.2, 0) is 6.18 Å². The summed E-state index contributed by atoms with van der Waals surface area (Å²) in [7, 11) is 0. The van der Waals surface area contributed by atoms with Gasteiger partial charge in [0, 0.05) is 0 Å². The predicted octanol–water partition coefficient (Wildman–Crippen LogP) is 5.33. The molecule has 0 aromatic heterocycles. The van der Waals surface area contributed by atoms with Gasteiger partial charge in [-0.15, -0.1) is 0 Å². The van der Waals surface area contributed by atoms with Gasteiger partial charge < -0.3 is 5.32 Å². The number of hydrogen-bond donors (Lipinski definition) is 3. The molecule has 2 aromatic carbocycles. The molecule has 2 rings (SSSR count). The number of hydrogen-bond acceptors (Lipinski definition) is 2. The van der Waals surface area contributed by atoms with E-state index in [2.05, 4.69) is 16.2 Å². The number of hydrazine groups is 1. The van der Waals surface area contributed by atoms with Gasteiger partial charge in [-0.05, 0) is 36.5 Å². The summed E-state index contributed by atoms with van der Waals surface area (Å²) < 4.78 is 38.0. The Labute approximate surface area is 145 Å². The van der Waals surface area contributed by atoms with Gasteiger partial charge in [-0.2, -0.15) is 13.2 Å². The third-order valence-corrected chi connectivity index (χ3v) is 3.50. The van der Waals surface area contributed by atoms with E-state index in [0.717, 1.165) is 17.8 Å². The van der Waals surface area contributed by atoms with E-state index in [4.69, 9.17) is 35.4 Å². The zero-order valence-electron chi connectivity index (χ0n) is 11.3. The van der Waals surface area contributed by atoms with Crippen molar-refractivity contribution in [1.29, 1.82) is 0 Å². The van der Waals surface area contributed by atoms with Crippen LogP contribution in [0.1, 0.15) is 5.56 Å². The van der Waals surface area contributed by atoms with Crippen LogP contribution < -0.4 is 16.2 Å². The molecular weight excluding hydrogens is 370 g/mol. The minimum atomic E-state index is -4.53. The molecule has 0 atom stereocenters. The van der Waals surface area contributed by atoms with E-state index in [1.54, 1.807) is 12.1 Å². The van der Waals surface area contributed by atoms with Gasteiger partial charge in [-0.3, -0.25) is 10.9 Å². The maximum absolute atomic E-state index is 12.7. The van der Waals surface area contributed by atoms with Crippen LogP contribution in [0, 0.1) is 0 Å². The molecular formula is C14H10Cl2F3N3S. The number of para-hydroxylation sites is 1. The Morgan fingerprint density at radius 3 is 2.09 bits per heavy atom. The molecule has 0 aliphatic carbocycles. The third-order valence-electron chi connectivity index (χ3n) is 2.70. The lowest BCUT2D eigenvalue weighted by Gasteiger charge is -2.16. The van der Waals surface area contributed by atoms with Crippen molar-refractivity contribution in [2.75, 3.05) is 10.7 Å². The molecule has 0 heterocycles. The van der Waals surface area contributed by atoms with Crippen molar-refractivity contribution in [3.05, 3.63) is 58.1 Å². The molecule has 0 unspecified atom stereocenters. The highest BCUT2D eigenvalue weighted by molar-refractivity contribution is 7.80. The summed E-state index contributed by atoms with van der Waals surface area (Å²) in [5, 5.41) is 2.38. The fraction of sp³-hybridized carbons (Fsp3) is 0.0714. The van der Waals surface area contributed by atoms with E-state index < -0.39 is 11.7 Å². The van der Waals surface area contributed by atoms with Gasteiger partial charge in [0.2, 0.25) is 0 Å². The number of alkyl halides is 3. The van der Waals surface area contributed by atoms with Crippen LogP contribution in [0.5, 0.6) is 0 Å². The second-order valence-electron chi connectivity index (χ2n) is 4.38. The molecule has 0 amide bonds. The average Bonchev–Trinajstić information content (AvgIpc) is 2.49. The summed E-state index contributed by atoms with van der Waals surface area (Å²) in [6.07, 6.45) is -4.53. The fourth-order valence-electron chi connectivity index (χ4n) is 1.65. The highest BCUT2D eigenvalue weighted by Gasteiger charge is 2.32. The number of anilines is 2. The standard InChI is InChI=1S/C14H10Cl2F3N3S/c15-10-6-8(14(17,18)19)7-11(16)12(10)20-13(23)22-21-9-4-2-1-3-5-9/h1-7,21H,(H2,20,22,23). The maximum Gasteiger partial charge on any atom is 0.416 e. The molecule has 0 saturated carbocycles. The Balaban J connectivity index is 2.06. The number of thiocarbonyl (C=S) groups is 1. The van der Waals surface area contributed by atoms with E-state index in [1.165, 1.54) is 0 Å². The molecule has 0 fully saturated rings. The van der Waals surface area contributed by atoms with E-state index in [9.17, 15) is 13.2 Å². The van der Waals surface area contributed by atoms with Gasteiger partial charge in [-0.1, -0.05) is 41.4 Å². The average molecular weight is 380 g/mol. The molecule has 2 aromatic rings. The number of halogens is 5. The van der Waals surface area contributed by atoms with Crippen molar-refractivity contribution < 1.29 is 13.2 Å². The van der Waals surface area contributed by atoms with E-state index in [-0.39, 0.29) is 20.8 Å². The summed E-state index contributed by atoms with van der Waals surface area (Å²) in [6, 6.07) is 10.7. The zero-order valence-corrected chi connectivity index (χ0v) is 13.7. The van der Waals surface area contributed by atoms with Crippen LogP contribution in [0.2, 0.25) is 10.0 Å². The normalized spacial score (nSPS) is 11.0. The lowest BCUT2D eigenvalue weighted by molar-refractivity contribution is -0.137. The first-order valence-electron chi connectivity index (χ1n) is 6.21. The van der Waals surface area contributed by atoms with Gasteiger partial charge in [0.15, 0.2) is 5.11 Å². The quantitative estimate of drug-likeness (QED) is 0.497. The van der Waals surface area contributed by atoms with Gasteiger partial charge in [-0.25, -0.2) is 0 Å². The topological polar surface area (TPSA) is 36.1 Å². The smallest absolute Gasteiger partial charge is 0.329 e. The summed E-state index contributed by atoms with van der Waals surface area (Å²) >= 11 is 16.7. The molecule has 3 nitrogen and oxygen atoms in total. The first-order valence-corrected chi connectivity index (χ1v) is 7.38. The minimum absolute atomic E-state index is 0.0914. The predicted molar refractivity (Wildman–Crippen MR) is 90.9 cm³/mol. The molecule has 9 heteroatoms. The largest absolute Gasteiger partial charge is 0.416 e. The maximum atomic E-state index is 12.7. The molecule has 0 saturated heterocycles. The number of nitrogens with one attached hydrogen (secondary N) is 3. The second-order valence-corrected chi connectivity index (χ2v) is 5.61. The van der Waals surface area contributed by atoms with Gasteiger partial charge in [0.25, 0.3) is 0 Å². The summed E-state index contributed by atoms with van der Waals surface area (Å²) in [4.78, 5) is 0. The van der Waals surface area contributed by atoms with Crippen LogP contribution in [0.25, 0.3) is 0 Å². The fourth-order valence-corrected chi connectivity index (χ4v) is 2.39. The number of benzene rings is 2. The summed E-state index contributed by atoms with van der Waals surface area (Å²) in [5.41, 5.74) is 5.41. The molecule has 0 radical (unpaired) electrons. The minimum Gasteiger partial charge on any atom is -0.329 e. The van der Waals surface area contributed by atoms with Crippen molar-refractivity contribution in [2.24, 2.45) is 0 Å². The molecule has 0 aliphatic rings. The first kappa shape index (κ1) is 17.7. The monoisotopic (exact) mass is 379 g/mol. The Morgan fingerprint density at radius 1 is 1.00 bits per heavy atom. The van der Waals surface area contributed by atoms with E-state index in [1.807, 2.05) is 18.2 Å². The second kappa shape index (κ2) is 7.25. The van der Waals surface area contributed by atoms with Crippen LogP contribution in [0.3, 0.4) is 0 Å². The molecule has 122 valence electrons. The van der Waals surface area contributed by atoms with Crippen LogP contribution in [0.4, 0.5) is 24.5 Å². The molecule has 3 N–H and O–H groups in total.